The molecule has 8 heteroatoms. The second-order valence-electron chi connectivity index (χ2n) is 6.14. The number of carbonyl (C=O) groups is 2. The third-order valence-electron chi connectivity index (χ3n) is 4.07. The number of halogens is 2. The van der Waals surface area contributed by atoms with Gasteiger partial charge >= 0.3 is 0 Å². The maximum absolute atomic E-state index is 13.9. The van der Waals surface area contributed by atoms with E-state index in [2.05, 4.69) is 10.6 Å². The first-order valence-corrected chi connectivity index (χ1v) is 9.33. The molecule has 3 rings (SSSR count). The van der Waals surface area contributed by atoms with Crippen molar-refractivity contribution in [3.8, 4) is 6.07 Å². The molecule has 146 valence electrons. The van der Waals surface area contributed by atoms with Gasteiger partial charge in [0.25, 0.3) is 11.8 Å². The first-order valence-electron chi connectivity index (χ1n) is 8.51. The number of nitriles is 1. The molecule has 0 saturated heterocycles. The van der Waals surface area contributed by atoms with Crippen LogP contribution in [0, 0.1) is 29.9 Å². The summed E-state index contributed by atoms with van der Waals surface area (Å²) in [5, 5.41) is 14.8. The number of nitrogens with zero attached hydrogens (tertiary/aromatic N) is 1. The van der Waals surface area contributed by atoms with Gasteiger partial charge in [0.2, 0.25) is 0 Å². The minimum Gasteiger partial charge on any atom is -0.332 e. The fraction of sp³-hybridized carbons (Fsp3) is 0.0952. The molecule has 0 fully saturated rings. The number of thiophene rings is 1. The number of anilines is 1. The molecule has 0 spiro atoms. The van der Waals surface area contributed by atoms with Crippen molar-refractivity contribution in [3.05, 3.63) is 87.8 Å². The molecule has 1 aromatic heterocycles. The number of rotatable bonds is 5. The predicted octanol–water partition coefficient (Wildman–Crippen LogP) is 4.58. The largest absolute Gasteiger partial charge is 0.332 e. The summed E-state index contributed by atoms with van der Waals surface area (Å²) in [6, 6.07) is 13.3. The van der Waals surface area contributed by atoms with Gasteiger partial charge in [-0.1, -0.05) is 24.3 Å². The monoisotopic (exact) mass is 411 g/mol. The SMILES string of the molecule is Cc1cc(NC(=O)c2cccc(F)c2)sc1C(=O)NC(C#N)c1ccccc1F. The number of amides is 2. The molecule has 0 bridgehead atoms. The van der Waals surface area contributed by atoms with E-state index in [0.717, 1.165) is 17.4 Å². The summed E-state index contributed by atoms with van der Waals surface area (Å²) in [6.45, 7) is 1.67. The Balaban J connectivity index is 1.75. The predicted molar refractivity (Wildman–Crippen MR) is 106 cm³/mol. The Kier molecular flexibility index (Phi) is 6.00. The van der Waals surface area contributed by atoms with Crippen molar-refractivity contribution in [2.45, 2.75) is 13.0 Å². The number of hydrogen-bond acceptors (Lipinski definition) is 4. The average Bonchev–Trinajstić information content (AvgIpc) is 3.06. The first-order chi connectivity index (χ1) is 13.9. The third-order valence-corrected chi connectivity index (χ3v) is 5.22. The lowest BCUT2D eigenvalue weighted by Gasteiger charge is -2.12. The van der Waals surface area contributed by atoms with Crippen LogP contribution in [0.15, 0.2) is 54.6 Å². The van der Waals surface area contributed by atoms with E-state index < -0.39 is 29.5 Å². The smallest absolute Gasteiger partial charge is 0.262 e. The van der Waals surface area contributed by atoms with E-state index in [1.165, 1.54) is 36.4 Å². The van der Waals surface area contributed by atoms with Crippen LogP contribution in [-0.4, -0.2) is 11.8 Å². The summed E-state index contributed by atoms with van der Waals surface area (Å²) in [6.07, 6.45) is 0. The fourth-order valence-corrected chi connectivity index (χ4v) is 3.64. The Labute approximate surface area is 169 Å². The molecular weight excluding hydrogens is 396 g/mol. The highest BCUT2D eigenvalue weighted by Gasteiger charge is 2.21. The van der Waals surface area contributed by atoms with Gasteiger partial charge in [0.15, 0.2) is 0 Å². The highest BCUT2D eigenvalue weighted by molar-refractivity contribution is 7.18. The summed E-state index contributed by atoms with van der Waals surface area (Å²) >= 11 is 1.01. The van der Waals surface area contributed by atoms with E-state index in [4.69, 9.17) is 0 Å². The molecule has 2 aromatic carbocycles. The van der Waals surface area contributed by atoms with E-state index in [-0.39, 0.29) is 16.0 Å². The lowest BCUT2D eigenvalue weighted by atomic mass is 10.1. The first kappa shape index (κ1) is 20.2. The van der Waals surface area contributed by atoms with E-state index >= 15 is 0 Å². The van der Waals surface area contributed by atoms with Gasteiger partial charge in [-0.05, 0) is 42.8 Å². The Morgan fingerprint density at radius 3 is 2.52 bits per heavy atom. The molecule has 2 N–H and O–H groups in total. The molecular formula is C21H15F2N3O2S. The van der Waals surface area contributed by atoms with Crippen LogP contribution in [0.2, 0.25) is 0 Å². The minimum atomic E-state index is -1.16. The molecule has 0 aliphatic heterocycles. The average molecular weight is 411 g/mol. The second-order valence-corrected chi connectivity index (χ2v) is 7.20. The van der Waals surface area contributed by atoms with E-state index in [1.54, 1.807) is 19.1 Å². The number of carbonyl (C=O) groups excluding carboxylic acids is 2. The van der Waals surface area contributed by atoms with Crippen molar-refractivity contribution >= 4 is 28.2 Å². The Morgan fingerprint density at radius 1 is 1.07 bits per heavy atom. The Bertz CT molecular complexity index is 1120. The summed E-state index contributed by atoms with van der Waals surface area (Å²) in [5.74, 6) is -2.20. The van der Waals surface area contributed by atoms with Gasteiger partial charge < -0.3 is 10.6 Å². The quantitative estimate of drug-likeness (QED) is 0.645. The Morgan fingerprint density at radius 2 is 1.83 bits per heavy atom. The summed E-state index contributed by atoms with van der Waals surface area (Å²) in [4.78, 5) is 25.1. The van der Waals surface area contributed by atoms with Crippen molar-refractivity contribution in [3.63, 3.8) is 0 Å². The molecule has 1 atom stereocenters. The lowest BCUT2D eigenvalue weighted by Crippen LogP contribution is -2.28. The number of nitrogens with one attached hydrogen (secondary N) is 2. The van der Waals surface area contributed by atoms with Crippen LogP contribution in [0.1, 0.15) is 37.2 Å². The van der Waals surface area contributed by atoms with Crippen molar-refractivity contribution < 1.29 is 18.4 Å². The zero-order chi connectivity index (χ0) is 21.0. The normalized spacial score (nSPS) is 11.4. The number of benzene rings is 2. The van der Waals surface area contributed by atoms with Crippen LogP contribution < -0.4 is 10.6 Å². The second kappa shape index (κ2) is 8.63. The van der Waals surface area contributed by atoms with Gasteiger partial charge in [-0.25, -0.2) is 8.78 Å². The molecule has 2 amide bonds. The van der Waals surface area contributed by atoms with Crippen molar-refractivity contribution in [1.82, 2.24) is 5.32 Å². The van der Waals surface area contributed by atoms with Gasteiger partial charge in [0.05, 0.1) is 15.9 Å². The van der Waals surface area contributed by atoms with Crippen LogP contribution in [0.25, 0.3) is 0 Å². The molecule has 29 heavy (non-hydrogen) atoms. The van der Waals surface area contributed by atoms with Gasteiger partial charge in [-0.15, -0.1) is 11.3 Å². The molecule has 0 aliphatic carbocycles. The fourth-order valence-electron chi connectivity index (χ4n) is 2.67. The molecule has 1 heterocycles. The van der Waals surface area contributed by atoms with Crippen molar-refractivity contribution in [2.75, 3.05) is 5.32 Å². The summed E-state index contributed by atoms with van der Waals surface area (Å²) in [5.41, 5.74) is 0.788. The standard InChI is InChI=1S/C21H15F2N3O2S/c1-12-9-18(26-20(27)13-5-4-6-14(22)10-13)29-19(12)21(28)25-17(11-24)15-7-2-3-8-16(15)23/h2-10,17H,1H3,(H,25,28)(H,26,27). The van der Waals surface area contributed by atoms with E-state index in [1.807, 2.05) is 6.07 Å². The summed E-state index contributed by atoms with van der Waals surface area (Å²) in [7, 11) is 0. The molecule has 0 aliphatic rings. The van der Waals surface area contributed by atoms with Crippen LogP contribution >= 0.6 is 11.3 Å². The topological polar surface area (TPSA) is 82.0 Å². The van der Waals surface area contributed by atoms with E-state index in [0.29, 0.717) is 10.6 Å². The Hall–Kier alpha value is -3.57. The van der Waals surface area contributed by atoms with Gasteiger partial charge in [-0.2, -0.15) is 5.26 Å². The van der Waals surface area contributed by atoms with Crippen LogP contribution in [-0.2, 0) is 0 Å². The zero-order valence-electron chi connectivity index (χ0n) is 15.2. The maximum atomic E-state index is 13.9. The van der Waals surface area contributed by atoms with Crippen LogP contribution in [0.5, 0.6) is 0 Å². The molecule has 0 radical (unpaired) electrons. The highest BCUT2D eigenvalue weighted by Crippen LogP contribution is 2.28. The van der Waals surface area contributed by atoms with Gasteiger partial charge in [0, 0.05) is 11.1 Å². The van der Waals surface area contributed by atoms with E-state index in [9.17, 15) is 23.6 Å². The molecule has 0 saturated carbocycles. The number of hydrogen-bond donors (Lipinski definition) is 2. The third kappa shape index (κ3) is 4.65. The maximum Gasteiger partial charge on any atom is 0.262 e. The lowest BCUT2D eigenvalue weighted by molar-refractivity contribution is 0.0947. The molecule has 3 aromatic rings. The minimum absolute atomic E-state index is 0.0668. The van der Waals surface area contributed by atoms with Gasteiger partial charge in [0.1, 0.15) is 17.7 Å². The van der Waals surface area contributed by atoms with Crippen molar-refractivity contribution in [2.24, 2.45) is 0 Å². The summed E-state index contributed by atoms with van der Waals surface area (Å²) < 4.78 is 27.2. The molecule has 1 unspecified atom stereocenters. The number of aryl methyl sites for hydroxylation is 1. The van der Waals surface area contributed by atoms with Gasteiger partial charge in [-0.3, -0.25) is 9.59 Å². The zero-order valence-corrected chi connectivity index (χ0v) is 16.0. The van der Waals surface area contributed by atoms with Crippen LogP contribution in [0.3, 0.4) is 0 Å². The van der Waals surface area contributed by atoms with Crippen molar-refractivity contribution in [1.29, 1.82) is 5.26 Å². The molecule has 5 nitrogen and oxygen atoms in total. The highest BCUT2D eigenvalue weighted by atomic mass is 32.1. The van der Waals surface area contributed by atoms with Crippen LogP contribution in [0.4, 0.5) is 13.8 Å².